The van der Waals surface area contributed by atoms with Gasteiger partial charge in [0.2, 0.25) is 0 Å². The average molecular weight is 487 g/mol. The molecule has 3 heterocycles. The summed E-state index contributed by atoms with van der Waals surface area (Å²) in [5, 5.41) is 19.5. The number of hydrazone groups is 1. The lowest BCUT2D eigenvalue weighted by Crippen LogP contribution is -2.27. The minimum Gasteiger partial charge on any atom is -0.507 e. The van der Waals surface area contributed by atoms with Crippen molar-refractivity contribution in [2.24, 2.45) is 5.10 Å². The van der Waals surface area contributed by atoms with E-state index in [-0.39, 0.29) is 23.6 Å². The Morgan fingerprint density at radius 3 is 2.74 bits per heavy atom. The van der Waals surface area contributed by atoms with E-state index in [1.165, 1.54) is 34.5 Å². The molecule has 1 aliphatic heterocycles. The predicted molar refractivity (Wildman–Crippen MR) is 135 cm³/mol. The van der Waals surface area contributed by atoms with Gasteiger partial charge in [0.05, 0.1) is 22.2 Å². The van der Waals surface area contributed by atoms with Crippen LogP contribution in [0.15, 0.2) is 84.2 Å². The molecule has 1 atom stereocenters. The first-order valence-electron chi connectivity index (χ1n) is 11.2. The Kier molecular flexibility index (Phi) is 6.39. The molecule has 1 amide bonds. The first-order chi connectivity index (χ1) is 17.0. The van der Waals surface area contributed by atoms with Crippen molar-refractivity contribution in [3.05, 3.63) is 107 Å². The third-order valence-electron chi connectivity index (χ3n) is 5.89. The van der Waals surface area contributed by atoms with Gasteiger partial charge >= 0.3 is 0 Å². The Morgan fingerprint density at radius 2 is 1.97 bits per heavy atom. The molecule has 35 heavy (non-hydrogen) atoms. The third kappa shape index (κ3) is 4.58. The number of nitrogens with zero attached hydrogens (tertiary/aromatic N) is 3. The molecule has 1 unspecified atom stereocenters. The van der Waals surface area contributed by atoms with Crippen LogP contribution in [-0.4, -0.2) is 33.8 Å². The van der Waals surface area contributed by atoms with Crippen LogP contribution >= 0.6 is 11.3 Å². The van der Waals surface area contributed by atoms with E-state index < -0.39 is 11.9 Å². The lowest BCUT2D eigenvalue weighted by Gasteiger charge is -2.22. The maximum Gasteiger partial charge on any atom is 0.284 e. The van der Waals surface area contributed by atoms with Crippen LogP contribution in [0.4, 0.5) is 4.39 Å². The SMILES string of the molecule is CNCc1cccc(-c2ccc(C(=O)N3N=C(c4cccnc4)CC3c3c(O)cccc3F)s2)c1. The van der Waals surface area contributed by atoms with Gasteiger partial charge in [-0.25, -0.2) is 9.40 Å². The number of phenols is 1. The topological polar surface area (TPSA) is 77.8 Å². The van der Waals surface area contributed by atoms with E-state index in [2.05, 4.69) is 21.5 Å². The first kappa shape index (κ1) is 22.9. The second-order valence-electron chi connectivity index (χ2n) is 8.23. The molecular formula is C27H23FN4O2S. The quantitative estimate of drug-likeness (QED) is 0.384. The molecule has 1 aliphatic rings. The molecule has 0 radical (unpaired) electrons. The van der Waals surface area contributed by atoms with Crippen molar-refractivity contribution >= 4 is 23.0 Å². The number of halogens is 1. The number of benzene rings is 2. The lowest BCUT2D eigenvalue weighted by atomic mass is 9.97. The number of hydrogen-bond donors (Lipinski definition) is 2. The fourth-order valence-corrected chi connectivity index (χ4v) is 5.18. The molecule has 2 N–H and O–H groups in total. The first-order valence-corrected chi connectivity index (χ1v) is 12.0. The molecular weight excluding hydrogens is 463 g/mol. The number of nitrogens with one attached hydrogen (secondary N) is 1. The van der Waals surface area contributed by atoms with Crippen molar-refractivity contribution in [3.63, 3.8) is 0 Å². The van der Waals surface area contributed by atoms with Gasteiger partial charge in [0.1, 0.15) is 11.6 Å². The third-order valence-corrected chi connectivity index (χ3v) is 7.01. The van der Waals surface area contributed by atoms with Gasteiger partial charge in [-0.05, 0) is 54.6 Å². The number of thiophene rings is 1. The fourth-order valence-electron chi connectivity index (χ4n) is 4.25. The van der Waals surface area contributed by atoms with E-state index in [1.54, 1.807) is 24.5 Å². The van der Waals surface area contributed by atoms with Crippen LogP contribution in [0.3, 0.4) is 0 Å². The maximum atomic E-state index is 14.8. The Hall–Kier alpha value is -3.88. The minimum absolute atomic E-state index is 0.0556. The van der Waals surface area contributed by atoms with Crippen LogP contribution in [-0.2, 0) is 6.54 Å². The van der Waals surface area contributed by atoms with Crippen LogP contribution in [0.5, 0.6) is 5.75 Å². The molecule has 0 saturated heterocycles. The normalized spacial score (nSPS) is 15.3. The number of aromatic nitrogens is 1. The zero-order valence-corrected chi connectivity index (χ0v) is 19.8. The summed E-state index contributed by atoms with van der Waals surface area (Å²) in [5.41, 5.74) is 3.57. The van der Waals surface area contributed by atoms with E-state index in [0.29, 0.717) is 10.6 Å². The van der Waals surface area contributed by atoms with Gasteiger partial charge in [0.15, 0.2) is 0 Å². The predicted octanol–water partition coefficient (Wildman–Crippen LogP) is 5.37. The van der Waals surface area contributed by atoms with Gasteiger partial charge in [-0.3, -0.25) is 9.78 Å². The Balaban J connectivity index is 1.51. The number of pyridine rings is 1. The van der Waals surface area contributed by atoms with Gasteiger partial charge in [-0.2, -0.15) is 5.10 Å². The average Bonchev–Trinajstić information content (AvgIpc) is 3.53. The fraction of sp³-hybridized carbons (Fsp3) is 0.148. The van der Waals surface area contributed by atoms with Crippen molar-refractivity contribution < 1.29 is 14.3 Å². The van der Waals surface area contributed by atoms with E-state index in [0.717, 1.165) is 28.1 Å². The Bertz CT molecular complexity index is 1380. The van der Waals surface area contributed by atoms with Crippen molar-refractivity contribution in [3.8, 4) is 16.2 Å². The summed E-state index contributed by atoms with van der Waals surface area (Å²) in [6, 6.07) is 18.8. The van der Waals surface area contributed by atoms with Crippen molar-refractivity contribution in [2.75, 3.05) is 7.05 Å². The summed E-state index contributed by atoms with van der Waals surface area (Å²) < 4.78 is 14.8. The molecule has 2 aromatic carbocycles. The zero-order valence-electron chi connectivity index (χ0n) is 19.0. The minimum atomic E-state index is -0.775. The highest BCUT2D eigenvalue weighted by Gasteiger charge is 2.37. The van der Waals surface area contributed by atoms with Gasteiger partial charge < -0.3 is 10.4 Å². The zero-order chi connectivity index (χ0) is 24.4. The van der Waals surface area contributed by atoms with E-state index in [9.17, 15) is 14.3 Å². The van der Waals surface area contributed by atoms with Crippen molar-refractivity contribution in [1.82, 2.24) is 15.3 Å². The van der Waals surface area contributed by atoms with Crippen molar-refractivity contribution in [1.29, 1.82) is 0 Å². The molecule has 0 bridgehead atoms. The van der Waals surface area contributed by atoms with Crippen LogP contribution in [0.2, 0.25) is 0 Å². The van der Waals surface area contributed by atoms with Crippen LogP contribution < -0.4 is 5.32 Å². The number of phenolic OH excluding ortho intramolecular Hbond substituents is 1. The number of hydrogen-bond acceptors (Lipinski definition) is 6. The van der Waals surface area contributed by atoms with Crippen molar-refractivity contribution in [2.45, 2.75) is 19.0 Å². The van der Waals surface area contributed by atoms with E-state index in [1.807, 2.05) is 37.4 Å². The summed E-state index contributed by atoms with van der Waals surface area (Å²) in [5.74, 6) is -1.13. The molecule has 0 fully saturated rings. The van der Waals surface area contributed by atoms with Crippen LogP contribution in [0.1, 0.15) is 38.8 Å². The van der Waals surface area contributed by atoms with Gasteiger partial charge in [-0.15, -0.1) is 11.3 Å². The summed E-state index contributed by atoms with van der Waals surface area (Å²) in [6.07, 6.45) is 3.57. The lowest BCUT2D eigenvalue weighted by molar-refractivity contribution is 0.0712. The number of carbonyl (C=O) groups excluding carboxylic acids is 1. The number of rotatable bonds is 6. The molecule has 5 rings (SSSR count). The molecule has 0 spiro atoms. The molecule has 4 aromatic rings. The number of amides is 1. The standard InChI is InChI=1S/C27H23FN4O2S/c1-29-15-17-5-2-6-18(13-17)24-10-11-25(35-24)27(34)32-22(26-20(28)8-3-9-23(26)33)14-21(31-32)19-7-4-12-30-16-19/h2-13,16,22,29,33H,14-15H2,1H3. The van der Waals surface area contributed by atoms with E-state index in [4.69, 9.17) is 0 Å². The summed E-state index contributed by atoms with van der Waals surface area (Å²) in [7, 11) is 1.90. The molecule has 0 aliphatic carbocycles. The van der Waals surface area contributed by atoms with Crippen LogP contribution in [0, 0.1) is 5.82 Å². The molecule has 6 nitrogen and oxygen atoms in total. The van der Waals surface area contributed by atoms with Gasteiger partial charge in [0, 0.05) is 35.8 Å². The summed E-state index contributed by atoms with van der Waals surface area (Å²) in [4.78, 5) is 19.2. The van der Waals surface area contributed by atoms with E-state index >= 15 is 0 Å². The second kappa shape index (κ2) is 9.77. The molecule has 0 saturated carbocycles. The highest BCUT2D eigenvalue weighted by molar-refractivity contribution is 7.17. The Morgan fingerprint density at radius 1 is 1.14 bits per heavy atom. The highest BCUT2D eigenvalue weighted by Crippen LogP contribution is 2.40. The van der Waals surface area contributed by atoms with Crippen LogP contribution in [0.25, 0.3) is 10.4 Å². The maximum absolute atomic E-state index is 14.8. The van der Waals surface area contributed by atoms with Gasteiger partial charge in [0.25, 0.3) is 5.91 Å². The highest BCUT2D eigenvalue weighted by atomic mass is 32.1. The molecule has 8 heteroatoms. The largest absolute Gasteiger partial charge is 0.507 e. The second-order valence-corrected chi connectivity index (χ2v) is 9.31. The number of aromatic hydroxyl groups is 1. The molecule has 176 valence electrons. The summed E-state index contributed by atoms with van der Waals surface area (Å²) >= 11 is 1.36. The van der Waals surface area contributed by atoms with Gasteiger partial charge in [-0.1, -0.05) is 30.3 Å². The monoisotopic (exact) mass is 486 g/mol. The summed E-state index contributed by atoms with van der Waals surface area (Å²) in [6.45, 7) is 0.748. The smallest absolute Gasteiger partial charge is 0.284 e. The Labute approximate surface area is 206 Å². The molecule has 2 aromatic heterocycles. The number of carbonyl (C=O) groups is 1.